The molecule has 0 unspecified atom stereocenters. The number of aromatic nitrogens is 17. The van der Waals surface area contributed by atoms with Crippen molar-refractivity contribution in [3.8, 4) is 91.1 Å². The van der Waals surface area contributed by atoms with Crippen molar-refractivity contribution in [1.82, 2.24) is 83.9 Å². The Morgan fingerprint density at radius 1 is 0.274 bits per heavy atom. The molecule has 0 spiro atoms. The van der Waals surface area contributed by atoms with Gasteiger partial charge in [-0.05, 0) is 140 Å². The van der Waals surface area contributed by atoms with Crippen molar-refractivity contribution in [3.63, 3.8) is 0 Å². The van der Waals surface area contributed by atoms with Gasteiger partial charge in [-0.3, -0.25) is 0 Å². The highest BCUT2D eigenvalue weighted by Gasteiger charge is 2.26. The number of rotatable bonds is 9. The molecule has 7 aromatic heterocycles. The van der Waals surface area contributed by atoms with Gasteiger partial charge in [0.25, 0.3) is 0 Å². The van der Waals surface area contributed by atoms with Gasteiger partial charge in [0, 0.05) is 60.5 Å². The fourth-order valence-corrected chi connectivity index (χ4v) is 11.2. The third-order valence-corrected chi connectivity index (χ3v) is 14.6. The van der Waals surface area contributed by atoms with E-state index in [4.69, 9.17) is 61.4 Å². The highest BCUT2D eigenvalue weighted by atomic mass is 15.1. The molecule has 0 N–H and O–H groups in total. The lowest BCUT2D eigenvalue weighted by Gasteiger charge is -2.20. The summed E-state index contributed by atoms with van der Waals surface area (Å²) in [7, 11) is 0. The third-order valence-electron chi connectivity index (χ3n) is 14.6. The summed E-state index contributed by atoms with van der Waals surface area (Å²) in [5.41, 5.74) is 10.5. The molecule has 0 aliphatic rings. The number of fused-ring (bicyclic) bond motifs is 6. The maximum atomic E-state index is 9.08. The quantitative estimate of drug-likeness (QED) is 0.123. The fourth-order valence-electron chi connectivity index (χ4n) is 11.2. The van der Waals surface area contributed by atoms with Gasteiger partial charge in [-0.15, -0.1) is 0 Å². The molecule has 84 heavy (non-hydrogen) atoms. The molecular weight excluding hydrogens is 1040 g/mol. The SMILES string of the molecule is [C-]#[N+]c1cc(-n2c3ccc(-c4nc(C)nc(C)n4)cc3c3cc(-c4nc(C)nc(C)n4)ccc32)c(-n2c3ccc(-c4nc(C)nc(C)n4)cc3c3cc(-c4nc(C)nc(C)n4)ccc32)cc1-c1nc(-c2ccccc2)nc(-c2ccccc2)n1. The Balaban J connectivity index is 1.12. The molecule has 402 valence electrons. The minimum absolute atomic E-state index is 0.319. The van der Waals surface area contributed by atoms with Gasteiger partial charge in [0.1, 0.15) is 46.6 Å². The topological polar surface area (TPSA) is 208 Å². The molecule has 0 radical (unpaired) electrons. The van der Waals surface area contributed by atoms with Crippen molar-refractivity contribution in [2.45, 2.75) is 55.4 Å². The van der Waals surface area contributed by atoms with Crippen LogP contribution >= 0.6 is 0 Å². The number of hydrogen-bond acceptors (Lipinski definition) is 15. The molecule has 0 atom stereocenters. The van der Waals surface area contributed by atoms with E-state index in [0.29, 0.717) is 104 Å². The van der Waals surface area contributed by atoms with Crippen molar-refractivity contribution >= 4 is 49.3 Å². The standard InChI is InChI=1S/C66H48N18/c1-34-68-35(2)73-62(72-34)44-20-24-54-48(28-44)49-29-45(63-74-36(3)69-37(4)75-63)21-25-55(49)83(54)58-32-52(66-81-60(42-16-12-10-13-17-42)80-61(82-66)43-18-14-11-15-19-43)53(67-9)33-59(58)84-56-26-22-46(64-76-38(5)70-39(6)77-64)30-50(56)51-31-47(23-27-57(51)84)65-78-40(7)71-41(8)79-65/h10-33H,1-8H3. The normalized spacial score (nSPS) is 11.6. The van der Waals surface area contributed by atoms with Crippen LogP contribution in [0.1, 0.15) is 46.6 Å². The molecule has 0 aliphatic carbocycles. The summed E-state index contributed by atoms with van der Waals surface area (Å²) < 4.78 is 4.48. The van der Waals surface area contributed by atoms with Gasteiger partial charge < -0.3 is 9.13 Å². The maximum absolute atomic E-state index is 9.08. The van der Waals surface area contributed by atoms with E-state index in [1.165, 1.54) is 0 Å². The van der Waals surface area contributed by atoms with Crippen molar-refractivity contribution in [3.05, 3.63) is 204 Å². The largest absolute Gasteiger partial charge is 0.308 e. The number of benzene rings is 7. The first-order valence-electron chi connectivity index (χ1n) is 27.2. The first-order valence-corrected chi connectivity index (χ1v) is 27.2. The smallest absolute Gasteiger partial charge is 0.200 e. The van der Waals surface area contributed by atoms with E-state index >= 15 is 0 Å². The average molecular weight is 1090 g/mol. The second-order valence-electron chi connectivity index (χ2n) is 20.6. The van der Waals surface area contributed by atoms with E-state index in [1.54, 1.807) is 0 Å². The molecular formula is C66H48N18. The third kappa shape index (κ3) is 9.05. The van der Waals surface area contributed by atoms with Crippen molar-refractivity contribution in [2.75, 3.05) is 0 Å². The second kappa shape index (κ2) is 20.0. The van der Waals surface area contributed by atoms with Gasteiger partial charge in [0.05, 0.1) is 40.0 Å². The van der Waals surface area contributed by atoms with E-state index in [2.05, 4.69) is 82.4 Å². The van der Waals surface area contributed by atoms with E-state index in [1.807, 2.05) is 152 Å². The van der Waals surface area contributed by atoms with Crippen LogP contribution in [0, 0.1) is 62.0 Å². The summed E-state index contributed by atoms with van der Waals surface area (Å²) >= 11 is 0. The summed E-state index contributed by atoms with van der Waals surface area (Å²) in [5.74, 6) is 8.42. The predicted molar refractivity (Wildman–Crippen MR) is 324 cm³/mol. The van der Waals surface area contributed by atoms with Crippen LogP contribution in [0.5, 0.6) is 0 Å². The Kier molecular flexibility index (Phi) is 12.1. The molecule has 18 heteroatoms. The van der Waals surface area contributed by atoms with Crippen LogP contribution in [-0.4, -0.2) is 83.9 Å². The molecule has 0 aliphatic heterocycles. The van der Waals surface area contributed by atoms with Gasteiger partial charge in [-0.25, -0.2) is 79.6 Å². The molecule has 7 heterocycles. The molecule has 0 saturated carbocycles. The van der Waals surface area contributed by atoms with Gasteiger partial charge in [0.15, 0.2) is 46.5 Å². The van der Waals surface area contributed by atoms with Crippen LogP contribution < -0.4 is 0 Å². The van der Waals surface area contributed by atoms with Gasteiger partial charge in [-0.1, -0.05) is 60.7 Å². The van der Waals surface area contributed by atoms with E-state index < -0.39 is 0 Å². The Morgan fingerprint density at radius 3 is 0.845 bits per heavy atom. The van der Waals surface area contributed by atoms with Crippen LogP contribution in [0.4, 0.5) is 5.69 Å². The lowest BCUT2D eigenvalue weighted by molar-refractivity contribution is 0.928. The zero-order chi connectivity index (χ0) is 57.5. The maximum Gasteiger partial charge on any atom is 0.200 e. The van der Waals surface area contributed by atoms with Gasteiger partial charge in [-0.2, -0.15) is 0 Å². The highest BCUT2D eigenvalue weighted by molar-refractivity contribution is 6.14. The monoisotopic (exact) mass is 1090 g/mol. The Labute approximate surface area is 481 Å². The first kappa shape index (κ1) is 50.9. The van der Waals surface area contributed by atoms with E-state index in [-0.39, 0.29) is 0 Å². The average Bonchev–Trinajstić information content (AvgIpc) is 1.94. The summed E-state index contributed by atoms with van der Waals surface area (Å²) in [6.45, 7) is 24.1. The van der Waals surface area contributed by atoms with Crippen molar-refractivity contribution < 1.29 is 0 Å². The second-order valence-corrected chi connectivity index (χ2v) is 20.6. The van der Waals surface area contributed by atoms with Crippen LogP contribution in [0.25, 0.3) is 140 Å². The Morgan fingerprint density at radius 2 is 0.548 bits per heavy atom. The van der Waals surface area contributed by atoms with Crippen molar-refractivity contribution in [1.29, 1.82) is 0 Å². The molecule has 0 saturated heterocycles. The minimum atomic E-state index is 0.319. The summed E-state index contributed by atoms with van der Waals surface area (Å²) in [6.07, 6.45) is 0. The zero-order valence-electron chi connectivity index (χ0n) is 46.9. The lowest BCUT2D eigenvalue weighted by atomic mass is 10.1. The van der Waals surface area contributed by atoms with Crippen LogP contribution in [0.3, 0.4) is 0 Å². The molecule has 14 rings (SSSR count). The number of nitrogens with zero attached hydrogens (tertiary/aromatic N) is 18. The van der Waals surface area contributed by atoms with Crippen LogP contribution in [0.15, 0.2) is 146 Å². The molecule has 14 aromatic rings. The van der Waals surface area contributed by atoms with E-state index in [9.17, 15) is 0 Å². The number of hydrogen-bond donors (Lipinski definition) is 0. The van der Waals surface area contributed by atoms with Gasteiger partial charge >= 0.3 is 0 Å². The van der Waals surface area contributed by atoms with Crippen LogP contribution in [-0.2, 0) is 0 Å². The first-order chi connectivity index (χ1) is 40.8. The molecule has 0 bridgehead atoms. The van der Waals surface area contributed by atoms with Crippen LogP contribution in [0.2, 0.25) is 0 Å². The van der Waals surface area contributed by atoms with Crippen molar-refractivity contribution in [2.24, 2.45) is 0 Å². The Bertz CT molecular complexity index is 4730. The van der Waals surface area contributed by atoms with E-state index in [0.717, 1.165) is 82.7 Å². The predicted octanol–water partition coefficient (Wildman–Crippen LogP) is 13.5. The molecule has 18 nitrogen and oxygen atoms in total. The number of aryl methyl sites for hydroxylation is 8. The van der Waals surface area contributed by atoms with Gasteiger partial charge in [0.2, 0.25) is 0 Å². The Hall–Kier alpha value is -11.3. The molecule has 0 fully saturated rings. The fraction of sp³-hybridized carbons (Fsp3) is 0.121. The minimum Gasteiger partial charge on any atom is -0.308 e. The summed E-state index contributed by atoms with van der Waals surface area (Å²) in [4.78, 5) is 76.2. The summed E-state index contributed by atoms with van der Waals surface area (Å²) in [5, 5.41) is 3.62. The highest BCUT2D eigenvalue weighted by Crippen LogP contribution is 2.45. The molecule has 0 amide bonds. The summed E-state index contributed by atoms with van der Waals surface area (Å²) in [6, 6.07) is 48.7. The lowest BCUT2D eigenvalue weighted by Crippen LogP contribution is -2.06. The molecule has 7 aromatic carbocycles. The zero-order valence-corrected chi connectivity index (χ0v) is 46.9.